The van der Waals surface area contributed by atoms with Gasteiger partial charge >= 0.3 is 0 Å². The van der Waals surface area contributed by atoms with Gasteiger partial charge in [0.1, 0.15) is 0 Å². The summed E-state index contributed by atoms with van der Waals surface area (Å²) < 4.78 is 5.37. The zero-order valence-electron chi connectivity index (χ0n) is 10.3. The summed E-state index contributed by atoms with van der Waals surface area (Å²) in [5, 5.41) is 0. The van der Waals surface area contributed by atoms with Crippen LogP contribution in [0.3, 0.4) is 0 Å². The van der Waals surface area contributed by atoms with Crippen LogP contribution >= 0.6 is 0 Å². The van der Waals surface area contributed by atoms with Gasteiger partial charge in [0.2, 0.25) is 0 Å². The van der Waals surface area contributed by atoms with E-state index in [9.17, 15) is 0 Å². The van der Waals surface area contributed by atoms with Gasteiger partial charge in [-0.25, -0.2) is 0 Å². The van der Waals surface area contributed by atoms with E-state index in [-0.39, 0.29) is 0 Å². The average Bonchev–Trinajstić information content (AvgIpc) is 2.70. The third kappa shape index (κ3) is 2.40. The Kier molecular flexibility index (Phi) is 2.95. The van der Waals surface area contributed by atoms with E-state index in [0.29, 0.717) is 0 Å². The van der Waals surface area contributed by atoms with Crippen LogP contribution in [0, 0.1) is 0 Å². The molecule has 3 nitrogen and oxygen atoms in total. The number of ether oxygens (including phenoxy) is 1. The van der Waals surface area contributed by atoms with Gasteiger partial charge in [0.05, 0.1) is 18.9 Å². The quantitative estimate of drug-likeness (QED) is 0.778. The topological polar surface area (TPSA) is 24.8 Å². The minimum absolute atomic E-state index is 0.868. The maximum Gasteiger partial charge on any atom is 0.0665 e. The summed E-state index contributed by atoms with van der Waals surface area (Å²) in [7, 11) is 0. The highest BCUT2D eigenvalue weighted by Gasteiger charge is 2.14. The van der Waals surface area contributed by atoms with E-state index >= 15 is 0 Å². The summed E-state index contributed by atoms with van der Waals surface area (Å²) in [6, 6.07) is 6.67. The molecular weight excluding hydrogens is 212 g/mol. The van der Waals surface area contributed by atoms with Gasteiger partial charge in [0.25, 0.3) is 0 Å². The van der Waals surface area contributed by atoms with Crippen LogP contribution in [0.1, 0.15) is 18.1 Å². The fourth-order valence-corrected chi connectivity index (χ4v) is 2.53. The van der Waals surface area contributed by atoms with Crippen LogP contribution in [0.15, 0.2) is 23.2 Å². The van der Waals surface area contributed by atoms with Crippen LogP contribution in [-0.2, 0) is 17.7 Å². The summed E-state index contributed by atoms with van der Waals surface area (Å²) in [6.07, 6.45) is 1.02. The standard InChI is InChI=1S/C14H18N2O/c1-11-8-13-9-12(2-3-14(13)15-11)10-16-4-6-17-7-5-16/h2-3,9H,4-8,10H2,1H3. The highest BCUT2D eigenvalue weighted by Crippen LogP contribution is 2.27. The van der Waals surface area contributed by atoms with Crippen LogP contribution in [0.4, 0.5) is 5.69 Å². The Hall–Kier alpha value is -1.19. The predicted molar refractivity (Wildman–Crippen MR) is 69.0 cm³/mol. The van der Waals surface area contributed by atoms with E-state index in [2.05, 4.69) is 35.0 Å². The molecule has 0 N–H and O–H groups in total. The first kappa shape index (κ1) is 10.9. The molecular formula is C14H18N2O. The van der Waals surface area contributed by atoms with E-state index < -0.39 is 0 Å². The molecule has 3 rings (SSSR count). The molecule has 17 heavy (non-hydrogen) atoms. The zero-order valence-corrected chi connectivity index (χ0v) is 10.3. The molecule has 1 fully saturated rings. The van der Waals surface area contributed by atoms with Crippen molar-refractivity contribution in [3.8, 4) is 0 Å². The largest absolute Gasteiger partial charge is 0.379 e. The number of morpholine rings is 1. The second kappa shape index (κ2) is 4.59. The molecule has 0 unspecified atom stereocenters. The van der Waals surface area contributed by atoms with Crippen molar-refractivity contribution in [2.75, 3.05) is 26.3 Å². The lowest BCUT2D eigenvalue weighted by molar-refractivity contribution is 0.0342. The Labute approximate surface area is 102 Å². The van der Waals surface area contributed by atoms with Crippen molar-refractivity contribution < 1.29 is 4.74 Å². The predicted octanol–water partition coefficient (Wildman–Crippen LogP) is 2.17. The second-order valence-corrected chi connectivity index (χ2v) is 4.88. The zero-order chi connectivity index (χ0) is 11.7. The van der Waals surface area contributed by atoms with Gasteiger partial charge in [-0.2, -0.15) is 0 Å². The van der Waals surface area contributed by atoms with Gasteiger partial charge in [0.15, 0.2) is 0 Å². The van der Waals surface area contributed by atoms with Crippen molar-refractivity contribution in [2.24, 2.45) is 4.99 Å². The van der Waals surface area contributed by atoms with Crippen molar-refractivity contribution in [3.05, 3.63) is 29.3 Å². The SMILES string of the molecule is CC1=Nc2ccc(CN3CCOCC3)cc2C1. The molecule has 1 saturated heterocycles. The first-order valence-electron chi connectivity index (χ1n) is 6.27. The Morgan fingerprint density at radius 3 is 2.94 bits per heavy atom. The molecule has 2 heterocycles. The molecule has 90 valence electrons. The van der Waals surface area contributed by atoms with Gasteiger partial charge in [0, 0.05) is 31.8 Å². The summed E-state index contributed by atoms with van der Waals surface area (Å²) in [4.78, 5) is 6.98. The first-order valence-corrected chi connectivity index (χ1v) is 6.27. The molecule has 0 atom stereocenters. The Morgan fingerprint density at radius 2 is 2.12 bits per heavy atom. The summed E-state index contributed by atoms with van der Waals surface area (Å²) in [5.41, 5.74) is 5.17. The molecule has 1 aromatic carbocycles. The molecule has 0 aliphatic carbocycles. The fraction of sp³-hybridized carbons (Fsp3) is 0.500. The lowest BCUT2D eigenvalue weighted by Gasteiger charge is -2.26. The molecule has 0 radical (unpaired) electrons. The minimum atomic E-state index is 0.868. The smallest absolute Gasteiger partial charge is 0.0665 e. The Bertz CT molecular complexity index is 448. The third-order valence-electron chi connectivity index (χ3n) is 3.41. The van der Waals surface area contributed by atoms with Crippen molar-refractivity contribution >= 4 is 11.4 Å². The highest BCUT2D eigenvalue weighted by molar-refractivity contribution is 5.92. The number of nitrogens with zero attached hydrogens (tertiary/aromatic N) is 2. The number of hydrogen-bond donors (Lipinski definition) is 0. The van der Waals surface area contributed by atoms with Gasteiger partial charge in [-0.1, -0.05) is 12.1 Å². The molecule has 0 amide bonds. The summed E-state index contributed by atoms with van der Waals surface area (Å²) in [5.74, 6) is 0. The summed E-state index contributed by atoms with van der Waals surface area (Å²) >= 11 is 0. The Morgan fingerprint density at radius 1 is 1.29 bits per heavy atom. The molecule has 2 aliphatic heterocycles. The van der Waals surface area contributed by atoms with E-state index in [4.69, 9.17) is 4.74 Å². The van der Waals surface area contributed by atoms with Crippen LogP contribution in [0.5, 0.6) is 0 Å². The van der Waals surface area contributed by atoms with Gasteiger partial charge in [-0.05, 0) is 24.1 Å². The number of fused-ring (bicyclic) bond motifs is 1. The maximum absolute atomic E-state index is 5.37. The highest BCUT2D eigenvalue weighted by atomic mass is 16.5. The number of rotatable bonds is 2. The first-order chi connectivity index (χ1) is 8.31. The van der Waals surface area contributed by atoms with E-state index in [0.717, 1.165) is 45.0 Å². The Balaban J connectivity index is 1.71. The molecule has 3 heteroatoms. The lowest BCUT2D eigenvalue weighted by atomic mass is 10.1. The normalized spacial score (nSPS) is 20.2. The van der Waals surface area contributed by atoms with Crippen molar-refractivity contribution in [2.45, 2.75) is 19.9 Å². The van der Waals surface area contributed by atoms with Crippen LogP contribution in [0.2, 0.25) is 0 Å². The average molecular weight is 230 g/mol. The van der Waals surface area contributed by atoms with Gasteiger partial charge in [-0.3, -0.25) is 9.89 Å². The van der Waals surface area contributed by atoms with E-state index in [1.165, 1.54) is 16.8 Å². The van der Waals surface area contributed by atoms with Gasteiger partial charge in [-0.15, -0.1) is 0 Å². The lowest BCUT2D eigenvalue weighted by Crippen LogP contribution is -2.35. The van der Waals surface area contributed by atoms with Crippen LogP contribution in [-0.4, -0.2) is 36.9 Å². The second-order valence-electron chi connectivity index (χ2n) is 4.88. The van der Waals surface area contributed by atoms with Crippen LogP contribution in [0.25, 0.3) is 0 Å². The fourth-order valence-electron chi connectivity index (χ4n) is 2.53. The van der Waals surface area contributed by atoms with Gasteiger partial charge < -0.3 is 4.74 Å². The number of benzene rings is 1. The van der Waals surface area contributed by atoms with Crippen molar-refractivity contribution in [1.82, 2.24) is 4.90 Å². The molecule has 0 aromatic heterocycles. The molecule has 0 spiro atoms. The molecule has 2 aliphatic rings. The summed E-state index contributed by atoms with van der Waals surface area (Å²) in [6.45, 7) is 6.97. The maximum atomic E-state index is 5.37. The van der Waals surface area contributed by atoms with E-state index in [1.54, 1.807) is 0 Å². The van der Waals surface area contributed by atoms with Crippen LogP contribution < -0.4 is 0 Å². The molecule has 0 bridgehead atoms. The third-order valence-corrected chi connectivity index (χ3v) is 3.41. The number of aliphatic imine (C=N–C) groups is 1. The van der Waals surface area contributed by atoms with E-state index in [1.807, 2.05) is 0 Å². The molecule has 0 saturated carbocycles. The van der Waals surface area contributed by atoms with Crippen molar-refractivity contribution in [3.63, 3.8) is 0 Å². The minimum Gasteiger partial charge on any atom is -0.379 e. The van der Waals surface area contributed by atoms with Crippen molar-refractivity contribution in [1.29, 1.82) is 0 Å². The number of hydrogen-bond acceptors (Lipinski definition) is 3. The monoisotopic (exact) mass is 230 g/mol. The molecule has 1 aromatic rings.